The molecule has 0 saturated heterocycles. The van der Waals surface area contributed by atoms with Crippen molar-refractivity contribution in [1.29, 1.82) is 0 Å². The highest BCUT2D eigenvalue weighted by atomic mass is 16.5. The maximum atomic E-state index is 11.2. The molecule has 0 amide bonds. The van der Waals surface area contributed by atoms with Crippen LogP contribution in [0.4, 0.5) is 0 Å². The average molecular weight is 306 g/mol. The first-order valence-corrected chi connectivity index (χ1v) is 8.63. The minimum Gasteiger partial charge on any atom is -0.494 e. The summed E-state index contributed by atoms with van der Waals surface area (Å²) in [5.74, 6) is 0.862. The molecular weight excluding hydrogens is 276 g/mol. The summed E-state index contributed by atoms with van der Waals surface area (Å²) in [5, 5.41) is 0. The maximum Gasteiger partial charge on any atom is 0.305 e. The van der Waals surface area contributed by atoms with Crippen molar-refractivity contribution in [2.75, 3.05) is 13.2 Å². The van der Waals surface area contributed by atoms with Crippen molar-refractivity contribution in [1.82, 2.24) is 0 Å². The molecule has 0 radical (unpaired) electrons. The van der Waals surface area contributed by atoms with Gasteiger partial charge in [-0.3, -0.25) is 4.79 Å². The molecule has 0 aromatic heterocycles. The standard InChI is InChI=1S/C19H30O3/c1-3-5-6-9-16-22-18-14-12-17(13-15-18)10-7-8-11-19(20)21-4-2/h12-15H,3-11,16H2,1-2H3. The van der Waals surface area contributed by atoms with E-state index in [-0.39, 0.29) is 5.97 Å². The molecule has 1 rings (SSSR count). The van der Waals surface area contributed by atoms with Crippen LogP contribution in [-0.4, -0.2) is 19.2 Å². The fourth-order valence-corrected chi connectivity index (χ4v) is 2.30. The van der Waals surface area contributed by atoms with Gasteiger partial charge in [-0.15, -0.1) is 0 Å². The van der Waals surface area contributed by atoms with Gasteiger partial charge in [-0.05, 0) is 50.3 Å². The Bertz CT molecular complexity index is 398. The first-order chi connectivity index (χ1) is 10.8. The van der Waals surface area contributed by atoms with Gasteiger partial charge in [-0.2, -0.15) is 0 Å². The zero-order valence-electron chi connectivity index (χ0n) is 14.1. The fourth-order valence-electron chi connectivity index (χ4n) is 2.30. The van der Waals surface area contributed by atoms with E-state index >= 15 is 0 Å². The van der Waals surface area contributed by atoms with Gasteiger partial charge in [0, 0.05) is 6.42 Å². The molecular formula is C19H30O3. The number of carbonyl (C=O) groups excluding carboxylic acids is 1. The second kappa shape index (κ2) is 12.1. The molecule has 0 spiro atoms. The lowest BCUT2D eigenvalue weighted by molar-refractivity contribution is -0.143. The van der Waals surface area contributed by atoms with Crippen molar-refractivity contribution in [3.8, 4) is 5.75 Å². The quantitative estimate of drug-likeness (QED) is 0.406. The molecule has 0 heterocycles. The largest absolute Gasteiger partial charge is 0.494 e. The van der Waals surface area contributed by atoms with Gasteiger partial charge < -0.3 is 9.47 Å². The number of hydrogen-bond acceptors (Lipinski definition) is 3. The number of carbonyl (C=O) groups is 1. The topological polar surface area (TPSA) is 35.5 Å². The Balaban J connectivity index is 2.14. The Kier molecular flexibility index (Phi) is 10.2. The van der Waals surface area contributed by atoms with E-state index in [0.29, 0.717) is 13.0 Å². The molecule has 0 fully saturated rings. The first-order valence-electron chi connectivity index (χ1n) is 8.63. The van der Waals surface area contributed by atoms with Crippen molar-refractivity contribution >= 4 is 5.97 Å². The smallest absolute Gasteiger partial charge is 0.305 e. The third kappa shape index (κ3) is 8.71. The van der Waals surface area contributed by atoms with Crippen LogP contribution in [0.3, 0.4) is 0 Å². The predicted molar refractivity (Wildman–Crippen MR) is 90.3 cm³/mol. The van der Waals surface area contributed by atoms with E-state index in [1.54, 1.807) is 0 Å². The molecule has 0 atom stereocenters. The molecule has 0 unspecified atom stereocenters. The van der Waals surface area contributed by atoms with E-state index in [4.69, 9.17) is 9.47 Å². The van der Waals surface area contributed by atoms with Gasteiger partial charge in [0.1, 0.15) is 5.75 Å². The molecule has 0 saturated carbocycles. The number of esters is 1. The minimum atomic E-state index is -0.0886. The van der Waals surface area contributed by atoms with Crippen LogP contribution >= 0.6 is 0 Å². The Morgan fingerprint density at radius 1 is 0.955 bits per heavy atom. The summed E-state index contributed by atoms with van der Waals surface area (Å²) in [6.45, 7) is 5.33. The van der Waals surface area contributed by atoms with Crippen molar-refractivity contribution in [3.63, 3.8) is 0 Å². The van der Waals surface area contributed by atoms with E-state index in [0.717, 1.165) is 38.0 Å². The lowest BCUT2D eigenvalue weighted by Gasteiger charge is -2.07. The maximum absolute atomic E-state index is 11.2. The summed E-state index contributed by atoms with van der Waals surface area (Å²) in [6, 6.07) is 8.32. The van der Waals surface area contributed by atoms with Crippen LogP contribution in [-0.2, 0) is 16.0 Å². The molecule has 3 heteroatoms. The van der Waals surface area contributed by atoms with Gasteiger partial charge in [-0.1, -0.05) is 38.3 Å². The SMILES string of the molecule is CCCCCCOc1ccc(CCCCC(=O)OCC)cc1. The normalized spacial score (nSPS) is 10.5. The number of aryl methyl sites for hydroxylation is 1. The molecule has 3 nitrogen and oxygen atoms in total. The Morgan fingerprint density at radius 3 is 2.41 bits per heavy atom. The van der Waals surface area contributed by atoms with E-state index in [1.807, 2.05) is 19.1 Å². The third-order valence-electron chi connectivity index (χ3n) is 3.59. The van der Waals surface area contributed by atoms with Crippen LogP contribution in [0.5, 0.6) is 5.75 Å². The highest BCUT2D eigenvalue weighted by Crippen LogP contribution is 2.15. The van der Waals surface area contributed by atoms with Gasteiger partial charge in [0.15, 0.2) is 0 Å². The monoisotopic (exact) mass is 306 g/mol. The van der Waals surface area contributed by atoms with E-state index in [9.17, 15) is 4.79 Å². The molecule has 0 aliphatic heterocycles. The number of unbranched alkanes of at least 4 members (excludes halogenated alkanes) is 4. The molecule has 1 aromatic rings. The highest BCUT2D eigenvalue weighted by Gasteiger charge is 2.01. The summed E-state index contributed by atoms with van der Waals surface area (Å²) < 4.78 is 10.6. The van der Waals surface area contributed by atoms with Gasteiger partial charge in [0.2, 0.25) is 0 Å². The van der Waals surface area contributed by atoms with Crippen molar-refractivity contribution in [2.45, 2.75) is 65.2 Å². The molecule has 124 valence electrons. The van der Waals surface area contributed by atoms with E-state index < -0.39 is 0 Å². The lowest BCUT2D eigenvalue weighted by Crippen LogP contribution is -2.03. The summed E-state index contributed by atoms with van der Waals surface area (Å²) in [6.07, 6.45) is 8.32. The van der Waals surface area contributed by atoms with E-state index in [2.05, 4.69) is 19.1 Å². The Morgan fingerprint density at radius 2 is 1.73 bits per heavy atom. The molecule has 0 N–H and O–H groups in total. The number of hydrogen-bond donors (Lipinski definition) is 0. The summed E-state index contributed by atoms with van der Waals surface area (Å²) in [4.78, 5) is 11.2. The summed E-state index contributed by atoms with van der Waals surface area (Å²) in [5.41, 5.74) is 1.29. The average Bonchev–Trinajstić information content (AvgIpc) is 2.53. The minimum absolute atomic E-state index is 0.0886. The fraction of sp³-hybridized carbons (Fsp3) is 0.632. The van der Waals surface area contributed by atoms with Crippen LogP contribution in [0.25, 0.3) is 0 Å². The van der Waals surface area contributed by atoms with Gasteiger partial charge >= 0.3 is 5.97 Å². The van der Waals surface area contributed by atoms with Crippen molar-refractivity contribution in [3.05, 3.63) is 29.8 Å². The van der Waals surface area contributed by atoms with Crippen LogP contribution < -0.4 is 4.74 Å². The lowest BCUT2D eigenvalue weighted by atomic mass is 10.1. The molecule has 0 aliphatic carbocycles. The van der Waals surface area contributed by atoms with Gasteiger partial charge in [0.25, 0.3) is 0 Å². The van der Waals surface area contributed by atoms with Crippen LogP contribution in [0.15, 0.2) is 24.3 Å². The van der Waals surface area contributed by atoms with Crippen molar-refractivity contribution < 1.29 is 14.3 Å². The van der Waals surface area contributed by atoms with E-state index in [1.165, 1.54) is 24.8 Å². The highest BCUT2D eigenvalue weighted by molar-refractivity contribution is 5.69. The predicted octanol–water partition coefficient (Wildman–Crippen LogP) is 4.92. The number of benzene rings is 1. The number of rotatable bonds is 12. The van der Waals surface area contributed by atoms with Crippen LogP contribution in [0, 0.1) is 0 Å². The number of ether oxygens (including phenoxy) is 2. The summed E-state index contributed by atoms with van der Waals surface area (Å²) >= 11 is 0. The Hall–Kier alpha value is -1.51. The first kappa shape index (κ1) is 18.5. The van der Waals surface area contributed by atoms with Gasteiger partial charge in [0.05, 0.1) is 13.2 Å². The zero-order valence-corrected chi connectivity index (χ0v) is 14.1. The molecule has 0 aliphatic rings. The second-order valence-corrected chi connectivity index (χ2v) is 5.57. The summed E-state index contributed by atoms with van der Waals surface area (Å²) in [7, 11) is 0. The zero-order chi connectivity index (χ0) is 16.0. The van der Waals surface area contributed by atoms with Crippen molar-refractivity contribution in [2.24, 2.45) is 0 Å². The molecule has 0 bridgehead atoms. The Labute approximate surface area is 135 Å². The van der Waals surface area contributed by atoms with Crippen LogP contribution in [0.1, 0.15) is 64.4 Å². The van der Waals surface area contributed by atoms with Gasteiger partial charge in [-0.25, -0.2) is 0 Å². The molecule has 22 heavy (non-hydrogen) atoms. The molecule has 1 aromatic carbocycles. The second-order valence-electron chi connectivity index (χ2n) is 5.57. The van der Waals surface area contributed by atoms with Crippen LogP contribution in [0.2, 0.25) is 0 Å². The third-order valence-corrected chi connectivity index (χ3v) is 3.59.